The molecule has 1 unspecified atom stereocenters. The normalized spacial score (nSPS) is 16.6. The number of carbonyl (C=O) groups excluding carboxylic acids is 3. The number of phenols is 2. The SMILES string of the molecule is O=C(C(=O)c1c(O)ccc2c1Oc1cc(O)ccc1C21OC(=O)c2ccccc21)c1ccc([N+](=O)[O-])cc1. The number of phenolic OH excluding ortho intramolecular Hbond substituents is 2. The number of nitro groups is 1. The zero-order chi connectivity index (χ0) is 26.8. The first-order valence-electron chi connectivity index (χ1n) is 11.3. The van der Waals surface area contributed by atoms with Crippen LogP contribution in [0.25, 0.3) is 0 Å². The molecule has 0 amide bonds. The lowest BCUT2D eigenvalue weighted by atomic mass is 9.76. The highest BCUT2D eigenvalue weighted by atomic mass is 16.6. The zero-order valence-corrected chi connectivity index (χ0v) is 19.2. The predicted molar refractivity (Wildman–Crippen MR) is 130 cm³/mol. The minimum atomic E-state index is -1.59. The average molecular weight is 509 g/mol. The van der Waals surface area contributed by atoms with Crippen LogP contribution in [-0.4, -0.2) is 32.7 Å². The maximum Gasteiger partial charge on any atom is 0.340 e. The number of benzene rings is 4. The number of carbonyl (C=O) groups is 3. The van der Waals surface area contributed by atoms with E-state index in [-0.39, 0.29) is 39.6 Å². The van der Waals surface area contributed by atoms with Gasteiger partial charge < -0.3 is 19.7 Å². The highest BCUT2D eigenvalue weighted by Crippen LogP contribution is 2.58. The molecule has 38 heavy (non-hydrogen) atoms. The predicted octanol–water partition coefficient (Wildman–Crippen LogP) is 4.64. The molecular formula is C28H15NO9. The lowest BCUT2D eigenvalue weighted by molar-refractivity contribution is -0.384. The molecule has 1 spiro atoms. The zero-order valence-electron chi connectivity index (χ0n) is 19.2. The summed E-state index contributed by atoms with van der Waals surface area (Å²) in [6.45, 7) is 0. The van der Waals surface area contributed by atoms with E-state index >= 15 is 0 Å². The van der Waals surface area contributed by atoms with Crippen molar-refractivity contribution in [3.8, 4) is 23.0 Å². The highest BCUT2D eigenvalue weighted by Gasteiger charge is 2.54. The third-order valence-electron chi connectivity index (χ3n) is 6.62. The Bertz CT molecular complexity index is 1730. The van der Waals surface area contributed by atoms with Crippen molar-refractivity contribution in [1.82, 2.24) is 0 Å². The largest absolute Gasteiger partial charge is 0.508 e. The van der Waals surface area contributed by atoms with Gasteiger partial charge in [0.05, 0.1) is 10.5 Å². The lowest BCUT2D eigenvalue weighted by Crippen LogP contribution is -2.34. The summed E-state index contributed by atoms with van der Waals surface area (Å²) >= 11 is 0. The summed E-state index contributed by atoms with van der Waals surface area (Å²) in [6, 6.07) is 17.9. The molecule has 4 aromatic rings. The summed E-state index contributed by atoms with van der Waals surface area (Å²) in [6.07, 6.45) is 0. The minimum absolute atomic E-state index is 0.0458. The number of rotatable bonds is 4. The summed E-state index contributed by atoms with van der Waals surface area (Å²) in [5.74, 6) is -3.75. The number of Topliss-reactive ketones (excluding diaryl/α,β-unsaturated/α-hetero) is 2. The van der Waals surface area contributed by atoms with Gasteiger partial charge in [-0.1, -0.05) is 18.2 Å². The van der Waals surface area contributed by atoms with Crippen molar-refractivity contribution in [3.05, 3.63) is 122 Å². The third kappa shape index (κ3) is 3.10. The number of fused-ring (bicyclic) bond motifs is 6. The Morgan fingerprint density at radius 2 is 1.55 bits per heavy atom. The van der Waals surface area contributed by atoms with Gasteiger partial charge in [-0.05, 0) is 42.5 Å². The van der Waals surface area contributed by atoms with Crippen molar-refractivity contribution in [3.63, 3.8) is 0 Å². The summed E-state index contributed by atoms with van der Waals surface area (Å²) in [5.41, 5.74) is -1.20. The van der Waals surface area contributed by atoms with Crippen LogP contribution in [0.1, 0.15) is 47.8 Å². The summed E-state index contributed by atoms with van der Waals surface area (Å²) < 4.78 is 12.0. The molecule has 2 N–H and O–H groups in total. The van der Waals surface area contributed by atoms with E-state index in [4.69, 9.17) is 9.47 Å². The van der Waals surface area contributed by atoms with E-state index < -0.39 is 39.4 Å². The molecule has 0 fully saturated rings. The Balaban J connectivity index is 1.57. The number of aromatic hydroxyl groups is 2. The molecule has 4 aromatic carbocycles. The summed E-state index contributed by atoms with van der Waals surface area (Å²) in [7, 11) is 0. The standard InChI is InChI=1S/C28H15NO9/c30-16-9-10-19-22(13-16)37-26-20(28(19)18-4-2-1-3-17(18)27(34)38-28)11-12-21(31)23(26)25(33)24(32)14-5-7-15(8-6-14)29(35)36/h1-13,30-31H. The van der Waals surface area contributed by atoms with Crippen molar-refractivity contribution in [1.29, 1.82) is 0 Å². The van der Waals surface area contributed by atoms with Gasteiger partial charge in [0, 0.05) is 40.5 Å². The van der Waals surface area contributed by atoms with Crippen LogP contribution in [0, 0.1) is 10.1 Å². The average Bonchev–Trinajstić information content (AvgIpc) is 3.20. The van der Waals surface area contributed by atoms with Gasteiger partial charge in [0.1, 0.15) is 28.6 Å². The van der Waals surface area contributed by atoms with Gasteiger partial charge in [0.15, 0.2) is 5.60 Å². The van der Waals surface area contributed by atoms with E-state index in [0.29, 0.717) is 11.1 Å². The molecule has 0 bridgehead atoms. The van der Waals surface area contributed by atoms with Crippen molar-refractivity contribution in [2.75, 3.05) is 0 Å². The maximum absolute atomic E-state index is 13.5. The van der Waals surface area contributed by atoms with Crippen molar-refractivity contribution < 1.29 is 39.0 Å². The van der Waals surface area contributed by atoms with E-state index in [2.05, 4.69) is 0 Å². The van der Waals surface area contributed by atoms with Gasteiger partial charge in [-0.3, -0.25) is 19.7 Å². The fourth-order valence-electron chi connectivity index (χ4n) is 4.91. The quantitative estimate of drug-likeness (QED) is 0.132. The molecule has 0 aromatic heterocycles. The number of hydrogen-bond acceptors (Lipinski definition) is 9. The number of esters is 1. The highest BCUT2D eigenvalue weighted by molar-refractivity contribution is 6.50. The van der Waals surface area contributed by atoms with Crippen LogP contribution in [0.4, 0.5) is 5.69 Å². The van der Waals surface area contributed by atoms with Crippen LogP contribution in [0.15, 0.2) is 78.9 Å². The number of hydrogen-bond donors (Lipinski definition) is 2. The molecule has 10 heteroatoms. The molecule has 0 saturated heterocycles. The van der Waals surface area contributed by atoms with Gasteiger partial charge in [-0.2, -0.15) is 0 Å². The van der Waals surface area contributed by atoms with E-state index in [0.717, 1.165) is 24.3 Å². The second kappa shape index (κ2) is 8.00. The molecule has 186 valence electrons. The Labute approximate surface area is 213 Å². The first-order chi connectivity index (χ1) is 18.2. The molecule has 2 aliphatic rings. The number of ether oxygens (including phenoxy) is 2. The van der Waals surface area contributed by atoms with Gasteiger partial charge >= 0.3 is 5.97 Å². The number of ketones is 2. The van der Waals surface area contributed by atoms with Gasteiger partial charge in [-0.25, -0.2) is 4.79 Å². The van der Waals surface area contributed by atoms with E-state index in [9.17, 15) is 34.7 Å². The van der Waals surface area contributed by atoms with Crippen molar-refractivity contribution in [2.45, 2.75) is 5.60 Å². The topological polar surface area (TPSA) is 153 Å². The molecule has 2 heterocycles. The molecule has 1 atom stereocenters. The summed E-state index contributed by atoms with van der Waals surface area (Å²) in [5, 5.41) is 31.8. The number of nitro benzene ring substituents is 1. The molecule has 0 aliphatic carbocycles. The van der Waals surface area contributed by atoms with Crippen LogP contribution < -0.4 is 4.74 Å². The van der Waals surface area contributed by atoms with Crippen LogP contribution in [-0.2, 0) is 10.3 Å². The Kier molecular flexibility index (Phi) is 4.83. The molecule has 10 nitrogen and oxygen atoms in total. The van der Waals surface area contributed by atoms with Crippen LogP contribution in [0.3, 0.4) is 0 Å². The Morgan fingerprint density at radius 1 is 0.842 bits per heavy atom. The van der Waals surface area contributed by atoms with Gasteiger partial charge in [0.2, 0.25) is 11.6 Å². The molecule has 0 radical (unpaired) electrons. The second-order valence-electron chi connectivity index (χ2n) is 8.70. The van der Waals surface area contributed by atoms with Crippen molar-refractivity contribution in [2.24, 2.45) is 0 Å². The Hall–Kier alpha value is -5.51. The maximum atomic E-state index is 13.5. The summed E-state index contributed by atoms with van der Waals surface area (Å²) in [4.78, 5) is 49.8. The fourth-order valence-corrected chi connectivity index (χ4v) is 4.91. The molecular weight excluding hydrogens is 494 g/mol. The number of nitrogens with zero attached hydrogens (tertiary/aromatic N) is 1. The molecule has 0 saturated carbocycles. The fraction of sp³-hybridized carbons (Fsp3) is 0.0357. The lowest BCUT2D eigenvalue weighted by Gasteiger charge is -2.37. The molecule has 2 aliphatic heterocycles. The Morgan fingerprint density at radius 3 is 2.29 bits per heavy atom. The first-order valence-corrected chi connectivity index (χ1v) is 11.3. The first kappa shape index (κ1) is 22.9. The monoisotopic (exact) mass is 509 g/mol. The van der Waals surface area contributed by atoms with Crippen molar-refractivity contribution >= 4 is 23.2 Å². The van der Waals surface area contributed by atoms with Crippen LogP contribution in [0.2, 0.25) is 0 Å². The molecule has 6 rings (SSSR count). The second-order valence-corrected chi connectivity index (χ2v) is 8.70. The van der Waals surface area contributed by atoms with Gasteiger partial charge in [0.25, 0.3) is 5.69 Å². The van der Waals surface area contributed by atoms with E-state index in [1.165, 1.54) is 30.3 Å². The van der Waals surface area contributed by atoms with Crippen LogP contribution >= 0.6 is 0 Å². The van der Waals surface area contributed by atoms with Crippen LogP contribution in [0.5, 0.6) is 23.0 Å². The third-order valence-corrected chi connectivity index (χ3v) is 6.62. The minimum Gasteiger partial charge on any atom is -0.508 e. The van der Waals surface area contributed by atoms with Gasteiger partial charge in [-0.15, -0.1) is 0 Å². The number of non-ortho nitro benzene ring substituents is 1. The van der Waals surface area contributed by atoms with E-state index in [1.54, 1.807) is 24.3 Å². The van der Waals surface area contributed by atoms with E-state index in [1.807, 2.05) is 0 Å². The smallest absolute Gasteiger partial charge is 0.340 e.